The van der Waals surface area contributed by atoms with E-state index in [-0.39, 0.29) is 18.3 Å². The lowest BCUT2D eigenvalue weighted by Gasteiger charge is -2.33. The molecule has 1 unspecified atom stereocenters. The van der Waals surface area contributed by atoms with Gasteiger partial charge in [0.15, 0.2) is 5.76 Å². The van der Waals surface area contributed by atoms with Gasteiger partial charge in [0, 0.05) is 31.3 Å². The molecule has 0 bridgehead atoms. The SMILES string of the molecule is Cc1noc(C2CCN(c3ccc(C4(C(=O)NS(=O)(=O)CC(C)CO)CC4)cc3)CC2)c1NC(=O)O[C@H](C)c1ccccc1. The normalized spacial score (nSPS) is 17.9. The van der Waals surface area contributed by atoms with Gasteiger partial charge in [-0.25, -0.2) is 13.2 Å². The van der Waals surface area contributed by atoms with Crippen LogP contribution in [0.3, 0.4) is 0 Å². The van der Waals surface area contributed by atoms with Gasteiger partial charge in [0.05, 0.1) is 11.2 Å². The van der Waals surface area contributed by atoms with E-state index in [1.165, 1.54) is 0 Å². The van der Waals surface area contributed by atoms with E-state index in [9.17, 15) is 23.1 Å². The second-order valence-corrected chi connectivity index (χ2v) is 13.7. The van der Waals surface area contributed by atoms with Gasteiger partial charge in [-0.05, 0) is 68.7 Å². The maximum absolute atomic E-state index is 13.0. The topological polar surface area (TPSA) is 151 Å². The van der Waals surface area contributed by atoms with Gasteiger partial charge in [0.1, 0.15) is 17.5 Å². The van der Waals surface area contributed by atoms with Crippen molar-refractivity contribution < 1.29 is 32.4 Å². The molecule has 236 valence electrons. The predicted molar refractivity (Wildman–Crippen MR) is 166 cm³/mol. The van der Waals surface area contributed by atoms with Crippen LogP contribution in [-0.4, -0.2) is 56.1 Å². The van der Waals surface area contributed by atoms with Crippen molar-refractivity contribution in [2.75, 3.05) is 35.7 Å². The summed E-state index contributed by atoms with van der Waals surface area (Å²) in [6, 6.07) is 17.3. The second-order valence-electron chi connectivity index (χ2n) is 12.0. The number of aryl methyl sites for hydroxylation is 1. The Labute approximate surface area is 258 Å². The van der Waals surface area contributed by atoms with Crippen molar-refractivity contribution >= 4 is 33.4 Å². The molecule has 5 rings (SSSR count). The van der Waals surface area contributed by atoms with Crippen molar-refractivity contribution in [3.63, 3.8) is 0 Å². The molecule has 12 heteroatoms. The molecule has 1 saturated heterocycles. The number of carbonyl (C=O) groups is 2. The molecule has 0 radical (unpaired) electrons. The van der Waals surface area contributed by atoms with Gasteiger partial charge in [-0.15, -0.1) is 0 Å². The number of hydrogen-bond acceptors (Lipinski definition) is 9. The zero-order chi connectivity index (χ0) is 31.5. The van der Waals surface area contributed by atoms with Crippen LogP contribution in [0, 0.1) is 12.8 Å². The highest BCUT2D eigenvalue weighted by Gasteiger charge is 2.52. The Morgan fingerprint density at radius 2 is 1.75 bits per heavy atom. The monoisotopic (exact) mass is 624 g/mol. The summed E-state index contributed by atoms with van der Waals surface area (Å²) in [7, 11) is -3.83. The number of benzene rings is 2. The standard InChI is InChI=1S/C32H40N4O7S/c1-21(19-37)20-44(40,41)35-30(38)32(15-16-32)26-9-11-27(12-10-26)36-17-13-25(14-18-36)29-28(22(2)34-43-29)33-31(39)42-23(3)24-7-5-4-6-8-24/h4-12,21,23,25,37H,13-20H2,1-3H3,(H,33,39)(H,35,38)/t21?,23-/m1/s1. The average molecular weight is 625 g/mol. The summed E-state index contributed by atoms with van der Waals surface area (Å²) in [6.45, 7) is 6.47. The third-order valence-electron chi connectivity index (χ3n) is 8.57. The summed E-state index contributed by atoms with van der Waals surface area (Å²) in [4.78, 5) is 27.9. The molecule has 3 N–H and O–H groups in total. The molecular formula is C32H40N4O7S. The lowest BCUT2D eigenvalue weighted by Crippen LogP contribution is -2.41. The van der Waals surface area contributed by atoms with Crippen LogP contribution in [0.25, 0.3) is 0 Å². The number of piperidine rings is 1. The van der Waals surface area contributed by atoms with Gasteiger partial charge in [-0.1, -0.05) is 54.5 Å². The fourth-order valence-electron chi connectivity index (χ4n) is 5.77. The molecule has 2 heterocycles. The highest BCUT2D eigenvalue weighted by atomic mass is 32.2. The first kappa shape index (κ1) is 31.5. The first-order valence-corrected chi connectivity index (χ1v) is 16.7. The number of aromatic nitrogens is 1. The molecule has 1 saturated carbocycles. The van der Waals surface area contributed by atoms with Crippen LogP contribution in [0.4, 0.5) is 16.2 Å². The number of aliphatic hydroxyl groups excluding tert-OH is 1. The number of anilines is 2. The first-order chi connectivity index (χ1) is 21.0. The maximum atomic E-state index is 13.0. The molecule has 2 atom stereocenters. The summed E-state index contributed by atoms with van der Waals surface area (Å²) in [6.07, 6.45) is 1.77. The molecule has 0 spiro atoms. The molecule has 2 amide bonds. The smallest absolute Gasteiger partial charge is 0.412 e. The summed E-state index contributed by atoms with van der Waals surface area (Å²) in [5, 5.41) is 16.1. The van der Waals surface area contributed by atoms with Crippen LogP contribution in [0.1, 0.15) is 74.1 Å². The summed E-state index contributed by atoms with van der Waals surface area (Å²) < 4.78 is 38.3. The quantitative estimate of drug-likeness (QED) is 0.274. The van der Waals surface area contributed by atoms with Crippen molar-refractivity contribution in [2.24, 2.45) is 5.92 Å². The zero-order valence-corrected chi connectivity index (χ0v) is 26.1. The van der Waals surface area contributed by atoms with E-state index in [0.29, 0.717) is 30.0 Å². The highest BCUT2D eigenvalue weighted by Crippen LogP contribution is 2.49. The Balaban J connectivity index is 1.17. The molecule has 1 aromatic heterocycles. The van der Waals surface area contributed by atoms with Gasteiger partial charge < -0.3 is 19.3 Å². The van der Waals surface area contributed by atoms with Gasteiger partial charge in [0.2, 0.25) is 15.9 Å². The number of aliphatic hydroxyl groups is 1. The van der Waals surface area contributed by atoms with Crippen LogP contribution in [0.5, 0.6) is 0 Å². The Morgan fingerprint density at radius 3 is 2.36 bits per heavy atom. The number of nitrogens with zero attached hydrogens (tertiary/aromatic N) is 2. The van der Waals surface area contributed by atoms with Crippen LogP contribution in [0.2, 0.25) is 0 Å². The fraction of sp³-hybridized carbons (Fsp3) is 0.469. The number of carbonyl (C=O) groups excluding carboxylic acids is 2. The predicted octanol–water partition coefficient (Wildman–Crippen LogP) is 4.78. The minimum absolute atomic E-state index is 0.0718. The maximum Gasteiger partial charge on any atom is 0.412 e. The van der Waals surface area contributed by atoms with E-state index in [1.54, 1.807) is 13.8 Å². The number of rotatable bonds is 11. The number of hydrogen-bond donors (Lipinski definition) is 3. The average Bonchev–Trinajstić information content (AvgIpc) is 3.76. The molecule has 2 aliphatic rings. The van der Waals surface area contributed by atoms with Gasteiger partial charge in [-0.2, -0.15) is 0 Å². The van der Waals surface area contributed by atoms with Crippen LogP contribution in [0.15, 0.2) is 59.1 Å². The summed E-state index contributed by atoms with van der Waals surface area (Å²) in [5.41, 5.74) is 3.01. The molecule has 2 fully saturated rings. The Morgan fingerprint density at radius 1 is 1.09 bits per heavy atom. The minimum atomic E-state index is -3.83. The third-order valence-corrected chi connectivity index (χ3v) is 10.1. The van der Waals surface area contributed by atoms with Crippen molar-refractivity contribution in [2.45, 2.75) is 63.9 Å². The van der Waals surface area contributed by atoms with E-state index in [2.05, 4.69) is 20.1 Å². The second kappa shape index (κ2) is 13.0. The Kier molecular flexibility index (Phi) is 9.31. The van der Waals surface area contributed by atoms with E-state index < -0.39 is 39.5 Å². The number of sulfonamides is 1. The molecule has 1 aliphatic heterocycles. The van der Waals surface area contributed by atoms with Crippen molar-refractivity contribution in [1.82, 2.24) is 9.88 Å². The van der Waals surface area contributed by atoms with E-state index in [1.807, 2.05) is 61.5 Å². The van der Waals surface area contributed by atoms with Crippen molar-refractivity contribution in [3.05, 3.63) is 77.2 Å². The highest BCUT2D eigenvalue weighted by molar-refractivity contribution is 7.90. The van der Waals surface area contributed by atoms with Crippen LogP contribution < -0.4 is 14.9 Å². The molecule has 2 aromatic carbocycles. The largest absolute Gasteiger partial charge is 0.441 e. The number of nitrogens with one attached hydrogen (secondary N) is 2. The molecule has 1 aliphatic carbocycles. The lowest BCUT2D eigenvalue weighted by molar-refractivity contribution is -0.121. The molecular weight excluding hydrogens is 584 g/mol. The Bertz CT molecular complexity index is 1560. The first-order valence-electron chi connectivity index (χ1n) is 15.0. The molecule has 11 nitrogen and oxygen atoms in total. The summed E-state index contributed by atoms with van der Waals surface area (Å²) >= 11 is 0. The number of ether oxygens (including phenoxy) is 1. The van der Waals surface area contributed by atoms with Crippen LogP contribution >= 0.6 is 0 Å². The van der Waals surface area contributed by atoms with Gasteiger partial charge in [0.25, 0.3) is 0 Å². The third kappa shape index (κ3) is 7.07. The van der Waals surface area contributed by atoms with Crippen molar-refractivity contribution in [3.8, 4) is 0 Å². The van der Waals surface area contributed by atoms with Crippen LogP contribution in [-0.2, 0) is 25.0 Å². The van der Waals surface area contributed by atoms with E-state index in [0.717, 1.165) is 42.7 Å². The lowest BCUT2D eigenvalue weighted by atomic mass is 9.92. The van der Waals surface area contributed by atoms with Gasteiger partial charge in [-0.3, -0.25) is 14.8 Å². The van der Waals surface area contributed by atoms with E-state index in [4.69, 9.17) is 9.26 Å². The molecule has 3 aromatic rings. The van der Waals surface area contributed by atoms with Crippen molar-refractivity contribution in [1.29, 1.82) is 0 Å². The zero-order valence-electron chi connectivity index (χ0n) is 25.3. The molecule has 44 heavy (non-hydrogen) atoms. The number of amides is 2. The van der Waals surface area contributed by atoms with E-state index >= 15 is 0 Å². The minimum Gasteiger partial charge on any atom is -0.441 e. The van der Waals surface area contributed by atoms with Gasteiger partial charge >= 0.3 is 6.09 Å². The Hall–Kier alpha value is -3.90. The fourth-order valence-corrected chi connectivity index (χ4v) is 7.19. The summed E-state index contributed by atoms with van der Waals surface area (Å²) in [5.74, 6) is -0.557.